The largest absolute Gasteiger partial charge is 0.365 e. The van der Waals surface area contributed by atoms with Crippen LogP contribution in [0.5, 0.6) is 0 Å². The number of hydrogen-bond acceptors (Lipinski definition) is 4. The lowest BCUT2D eigenvalue weighted by atomic mass is 10.1. The van der Waals surface area contributed by atoms with Crippen molar-refractivity contribution in [1.29, 1.82) is 0 Å². The summed E-state index contributed by atoms with van der Waals surface area (Å²) in [5, 5.41) is 5.18. The summed E-state index contributed by atoms with van der Waals surface area (Å²) >= 11 is 1.88. The lowest BCUT2D eigenvalue weighted by molar-refractivity contribution is 0.342. The Morgan fingerprint density at radius 2 is 2.20 bits per heavy atom. The number of nitrogens with zero attached hydrogens (tertiary/aromatic N) is 2. The molecule has 20 heavy (non-hydrogen) atoms. The van der Waals surface area contributed by atoms with Crippen LogP contribution in [0.2, 0.25) is 0 Å². The maximum absolute atomic E-state index is 4.65. The lowest BCUT2D eigenvalue weighted by Crippen LogP contribution is -2.28. The third-order valence-corrected chi connectivity index (χ3v) is 5.39. The second kappa shape index (κ2) is 6.64. The molecule has 0 saturated carbocycles. The van der Waals surface area contributed by atoms with Gasteiger partial charge in [0.2, 0.25) is 0 Å². The zero-order valence-electron chi connectivity index (χ0n) is 12.1. The van der Waals surface area contributed by atoms with E-state index in [1.54, 1.807) is 0 Å². The van der Waals surface area contributed by atoms with E-state index in [1.165, 1.54) is 31.6 Å². The summed E-state index contributed by atoms with van der Waals surface area (Å²) in [5.41, 5.74) is 1.39. The molecule has 0 amide bonds. The molecule has 1 aromatic rings. The topological polar surface area (TPSA) is 27.6 Å². The molecule has 1 N–H and O–H groups in total. The Hall–Kier alpha value is -1.00. The van der Waals surface area contributed by atoms with Gasteiger partial charge < -0.3 is 10.2 Å². The molecule has 0 aromatic heterocycles. The minimum atomic E-state index is 0.495. The number of nitrogens with one attached hydrogen (secondary N) is 1. The van der Waals surface area contributed by atoms with E-state index in [-0.39, 0.29) is 0 Å². The van der Waals surface area contributed by atoms with Gasteiger partial charge in [0.05, 0.1) is 11.8 Å². The summed E-state index contributed by atoms with van der Waals surface area (Å²) in [6.45, 7) is 7.91. The van der Waals surface area contributed by atoms with Crippen LogP contribution in [-0.4, -0.2) is 42.8 Å². The lowest BCUT2D eigenvalue weighted by Gasteiger charge is -2.14. The minimum Gasteiger partial charge on any atom is -0.365 e. The Morgan fingerprint density at radius 3 is 2.95 bits per heavy atom. The van der Waals surface area contributed by atoms with Crippen molar-refractivity contribution in [2.24, 2.45) is 10.9 Å². The predicted octanol–water partition coefficient (Wildman–Crippen LogP) is 2.76. The standard InChI is InChI=1S/C16H23N3S/c1-2-19-9-8-13(12-19)10-17-16-18-11-15(20-16)14-6-4-3-5-7-14/h3-7,13,15H,2,8-12H2,1H3,(H,17,18). The smallest absolute Gasteiger partial charge is 0.157 e. The third-order valence-electron chi connectivity index (χ3n) is 4.19. The Balaban J connectivity index is 1.44. The SMILES string of the molecule is CCN1CCC(CNC2=NCC(c3ccccc3)S2)C1. The normalized spacial score (nSPS) is 26.8. The fourth-order valence-electron chi connectivity index (χ4n) is 2.91. The molecule has 0 bridgehead atoms. The third kappa shape index (κ3) is 3.36. The summed E-state index contributed by atoms with van der Waals surface area (Å²) in [6.07, 6.45) is 1.32. The van der Waals surface area contributed by atoms with Gasteiger partial charge in [0.25, 0.3) is 0 Å². The first-order valence-corrected chi connectivity index (χ1v) is 8.45. The Morgan fingerprint density at radius 1 is 1.35 bits per heavy atom. The van der Waals surface area contributed by atoms with Gasteiger partial charge in [-0.1, -0.05) is 49.0 Å². The summed E-state index contributed by atoms with van der Waals surface area (Å²) in [7, 11) is 0. The van der Waals surface area contributed by atoms with Gasteiger partial charge in [-0.25, -0.2) is 0 Å². The second-order valence-electron chi connectivity index (χ2n) is 5.59. The van der Waals surface area contributed by atoms with Crippen molar-refractivity contribution in [3.05, 3.63) is 35.9 Å². The first-order valence-electron chi connectivity index (χ1n) is 7.57. The fraction of sp³-hybridized carbons (Fsp3) is 0.562. The van der Waals surface area contributed by atoms with Crippen LogP contribution in [0.3, 0.4) is 0 Å². The van der Waals surface area contributed by atoms with Gasteiger partial charge in [0.1, 0.15) is 0 Å². The zero-order valence-corrected chi connectivity index (χ0v) is 12.9. The first kappa shape index (κ1) is 14.0. The quantitative estimate of drug-likeness (QED) is 0.923. The highest BCUT2D eigenvalue weighted by Gasteiger charge is 2.24. The Kier molecular flexibility index (Phi) is 4.63. The van der Waals surface area contributed by atoms with E-state index in [0.717, 1.165) is 24.2 Å². The molecular formula is C16H23N3S. The number of likely N-dealkylation sites (tertiary alicyclic amines) is 1. The van der Waals surface area contributed by atoms with Crippen LogP contribution in [0.15, 0.2) is 35.3 Å². The van der Waals surface area contributed by atoms with Gasteiger partial charge in [0.15, 0.2) is 5.17 Å². The van der Waals surface area contributed by atoms with Crippen LogP contribution in [0.1, 0.15) is 24.2 Å². The molecule has 2 atom stereocenters. The van der Waals surface area contributed by atoms with Gasteiger partial charge in [-0.3, -0.25) is 4.99 Å². The maximum atomic E-state index is 4.65. The Bertz CT molecular complexity index is 460. The molecule has 4 heteroatoms. The highest BCUT2D eigenvalue weighted by atomic mass is 32.2. The van der Waals surface area contributed by atoms with Gasteiger partial charge in [-0.05, 0) is 31.0 Å². The van der Waals surface area contributed by atoms with Crippen molar-refractivity contribution in [3.8, 4) is 0 Å². The van der Waals surface area contributed by atoms with Crippen molar-refractivity contribution < 1.29 is 0 Å². The van der Waals surface area contributed by atoms with Gasteiger partial charge >= 0.3 is 0 Å². The van der Waals surface area contributed by atoms with Crippen molar-refractivity contribution in [1.82, 2.24) is 10.2 Å². The number of amidine groups is 1. The van der Waals surface area contributed by atoms with Crippen LogP contribution in [0.25, 0.3) is 0 Å². The molecule has 108 valence electrons. The summed E-state index contributed by atoms with van der Waals surface area (Å²) < 4.78 is 0. The van der Waals surface area contributed by atoms with Crippen molar-refractivity contribution in [3.63, 3.8) is 0 Å². The zero-order chi connectivity index (χ0) is 13.8. The molecule has 1 saturated heterocycles. The molecule has 2 aliphatic heterocycles. The summed E-state index contributed by atoms with van der Waals surface area (Å²) in [4.78, 5) is 7.18. The average Bonchev–Trinajstić information content (AvgIpc) is 3.15. The van der Waals surface area contributed by atoms with E-state index in [0.29, 0.717) is 5.25 Å². The minimum absolute atomic E-state index is 0.495. The number of thioether (sulfide) groups is 1. The highest BCUT2D eigenvalue weighted by molar-refractivity contribution is 8.14. The molecule has 2 unspecified atom stereocenters. The average molecular weight is 289 g/mol. The van der Waals surface area contributed by atoms with Crippen LogP contribution in [0.4, 0.5) is 0 Å². The predicted molar refractivity (Wildman–Crippen MR) is 87.3 cm³/mol. The fourth-order valence-corrected chi connectivity index (χ4v) is 3.94. The number of hydrogen-bond donors (Lipinski definition) is 1. The molecule has 2 heterocycles. The second-order valence-corrected chi connectivity index (χ2v) is 6.78. The van der Waals surface area contributed by atoms with Crippen molar-refractivity contribution in [2.45, 2.75) is 18.6 Å². The van der Waals surface area contributed by atoms with E-state index in [1.807, 2.05) is 11.8 Å². The molecule has 0 radical (unpaired) electrons. The molecule has 1 fully saturated rings. The van der Waals surface area contributed by atoms with E-state index in [9.17, 15) is 0 Å². The Labute approximate surface area is 125 Å². The maximum Gasteiger partial charge on any atom is 0.157 e. The molecule has 0 spiro atoms. The summed E-state index contributed by atoms with van der Waals surface area (Å²) in [5.74, 6) is 0.786. The van der Waals surface area contributed by atoms with E-state index < -0.39 is 0 Å². The van der Waals surface area contributed by atoms with Gasteiger partial charge in [0, 0.05) is 13.1 Å². The monoisotopic (exact) mass is 289 g/mol. The van der Waals surface area contributed by atoms with Gasteiger partial charge in [-0.15, -0.1) is 0 Å². The highest BCUT2D eigenvalue weighted by Crippen LogP contribution is 2.34. The number of benzene rings is 1. The van der Waals surface area contributed by atoms with Crippen LogP contribution < -0.4 is 5.32 Å². The van der Waals surface area contributed by atoms with Crippen LogP contribution in [0, 0.1) is 5.92 Å². The van der Waals surface area contributed by atoms with Crippen molar-refractivity contribution in [2.75, 3.05) is 32.7 Å². The van der Waals surface area contributed by atoms with Gasteiger partial charge in [-0.2, -0.15) is 0 Å². The molecule has 3 rings (SSSR count). The number of aliphatic imine (C=N–C) groups is 1. The molecular weight excluding hydrogens is 266 g/mol. The van der Waals surface area contributed by atoms with Crippen molar-refractivity contribution >= 4 is 16.9 Å². The molecule has 0 aliphatic carbocycles. The van der Waals surface area contributed by atoms with E-state index >= 15 is 0 Å². The van der Waals surface area contributed by atoms with E-state index in [2.05, 4.69) is 52.5 Å². The molecule has 3 nitrogen and oxygen atoms in total. The first-order chi connectivity index (χ1) is 9.85. The molecule has 2 aliphatic rings. The number of rotatable bonds is 4. The van der Waals surface area contributed by atoms with Crippen LogP contribution >= 0.6 is 11.8 Å². The van der Waals surface area contributed by atoms with Crippen LogP contribution in [-0.2, 0) is 0 Å². The summed E-state index contributed by atoms with van der Waals surface area (Å²) in [6, 6.07) is 10.7. The van der Waals surface area contributed by atoms with E-state index in [4.69, 9.17) is 0 Å². The molecule has 1 aromatic carbocycles.